The number of thioether (sulfide) groups is 1. The maximum Gasteiger partial charge on any atom is 0.246 e. The number of amides is 1. The van der Waals surface area contributed by atoms with Crippen LogP contribution < -0.4 is 9.47 Å². The second kappa shape index (κ2) is 9.27. The van der Waals surface area contributed by atoms with E-state index in [0.29, 0.717) is 29.0 Å². The van der Waals surface area contributed by atoms with Crippen LogP contribution in [0.25, 0.3) is 11.4 Å². The number of ether oxygens (including phenoxy) is 2. The van der Waals surface area contributed by atoms with Crippen LogP contribution in [0.5, 0.6) is 11.5 Å². The number of hydrogen-bond donors (Lipinski definition) is 0. The normalized spacial score (nSPS) is 10.5. The van der Waals surface area contributed by atoms with Gasteiger partial charge in [-0.1, -0.05) is 23.4 Å². The molecule has 0 unspecified atom stereocenters. The number of aromatic nitrogens is 2. The summed E-state index contributed by atoms with van der Waals surface area (Å²) in [5.41, 5.74) is 0.737. The third-order valence-corrected chi connectivity index (χ3v) is 5.01. The molecule has 146 valence electrons. The fraction of sp³-hybridized carbons (Fsp3) is 0.250. The first-order valence-corrected chi connectivity index (χ1v) is 9.56. The Morgan fingerprint density at radius 2 is 1.86 bits per heavy atom. The van der Waals surface area contributed by atoms with E-state index in [1.165, 1.54) is 11.8 Å². The topological polar surface area (TPSA) is 77.7 Å². The highest BCUT2D eigenvalue weighted by Gasteiger charge is 2.16. The average molecular weight is 399 g/mol. The van der Waals surface area contributed by atoms with E-state index in [0.717, 1.165) is 10.5 Å². The molecular weight excluding hydrogens is 378 g/mol. The predicted molar refractivity (Wildman–Crippen MR) is 106 cm³/mol. The Bertz CT molecular complexity index is 930. The van der Waals surface area contributed by atoms with Gasteiger partial charge in [0.15, 0.2) is 11.5 Å². The summed E-state index contributed by atoms with van der Waals surface area (Å²) in [7, 11) is 4.86. The van der Waals surface area contributed by atoms with Crippen molar-refractivity contribution in [1.82, 2.24) is 15.0 Å². The fourth-order valence-corrected chi connectivity index (χ4v) is 3.33. The van der Waals surface area contributed by atoms with Gasteiger partial charge >= 0.3 is 0 Å². The van der Waals surface area contributed by atoms with Crippen LogP contribution in [0.1, 0.15) is 5.89 Å². The molecule has 7 nitrogen and oxygen atoms in total. The van der Waals surface area contributed by atoms with Crippen LogP contribution in [0.4, 0.5) is 0 Å². The number of methoxy groups -OCH3 is 2. The first-order valence-electron chi connectivity index (χ1n) is 8.57. The van der Waals surface area contributed by atoms with Gasteiger partial charge in [-0.2, -0.15) is 4.98 Å². The predicted octanol–water partition coefficient (Wildman–Crippen LogP) is 3.50. The van der Waals surface area contributed by atoms with Gasteiger partial charge < -0.3 is 18.9 Å². The number of benzene rings is 2. The number of hydrogen-bond acceptors (Lipinski definition) is 7. The lowest BCUT2D eigenvalue weighted by atomic mass is 10.2. The van der Waals surface area contributed by atoms with E-state index in [4.69, 9.17) is 14.0 Å². The summed E-state index contributed by atoms with van der Waals surface area (Å²) >= 11 is 1.49. The zero-order chi connectivity index (χ0) is 19.9. The van der Waals surface area contributed by atoms with Gasteiger partial charge in [0.2, 0.25) is 17.6 Å². The molecule has 0 saturated carbocycles. The minimum atomic E-state index is -0.0141. The van der Waals surface area contributed by atoms with E-state index in [1.807, 2.05) is 36.4 Å². The Morgan fingerprint density at radius 3 is 2.57 bits per heavy atom. The van der Waals surface area contributed by atoms with Gasteiger partial charge in [0.25, 0.3) is 0 Å². The van der Waals surface area contributed by atoms with Crippen LogP contribution in [0, 0.1) is 0 Å². The van der Waals surface area contributed by atoms with Gasteiger partial charge in [0.1, 0.15) is 0 Å². The van der Waals surface area contributed by atoms with E-state index in [2.05, 4.69) is 10.1 Å². The largest absolute Gasteiger partial charge is 0.493 e. The quantitative estimate of drug-likeness (QED) is 0.537. The molecule has 0 N–H and O–H groups in total. The summed E-state index contributed by atoms with van der Waals surface area (Å²) in [6.45, 7) is 0.245. The van der Waals surface area contributed by atoms with Crippen molar-refractivity contribution >= 4 is 17.7 Å². The third kappa shape index (κ3) is 4.83. The monoisotopic (exact) mass is 399 g/mol. The highest BCUT2D eigenvalue weighted by molar-refractivity contribution is 8.00. The molecule has 0 atom stereocenters. The smallest absolute Gasteiger partial charge is 0.246 e. The Hall–Kier alpha value is -3.00. The molecule has 0 aliphatic carbocycles. The van der Waals surface area contributed by atoms with Crippen LogP contribution in [0.2, 0.25) is 0 Å². The van der Waals surface area contributed by atoms with E-state index < -0.39 is 0 Å². The average Bonchev–Trinajstić information content (AvgIpc) is 3.20. The van der Waals surface area contributed by atoms with Gasteiger partial charge in [-0.15, -0.1) is 11.8 Å². The molecule has 0 bridgehead atoms. The summed E-state index contributed by atoms with van der Waals surface area (Å²) in [5.74, 6) is 2.32. The maximum atomic E-state index is 12.3. The zero-order valence-corrected chi connectivity index (χ0v) is 16.7. The first-order chi connectivity index (χ1) is 13.6. The molecule has 0 fully saturated rings. The molecule has 1 aromatic heterocycles. The Balaban J connectivity index is 1.61. The molecule has 0 saturated heterocycles. The summed E-state index contributed by atoms with van der Waals surface area (Å²) in [6.07, 6.45) is 0. The minimum Gasteiger partial charge on any atom is -0.493 e. The molecule has 3 rings (SSSR count). The van der Waals surface area contributed by atoms with Gasteiger partial charge in [-0.05, 0) is 30.3 Å². The lowest BCUT2D eigenvalue weighted by Gasteiger charge is -2.14. The second-order valence-corrected chi connectivity index (χ2v) is 6.98. The van der Waals surface area contributed by atoms with Gasteiger partial charge in [-0.3, -0.25) is 4.79 Å². The fourth-order valence-electron chi connectivity index (χ4n) is 2.47. The lowest BCUT2D eigenvalue weighted by molar-refractivity contribution is -0.127. The van der Waals surface area contributed by atoms with Gasteiger partial charge in [0, 0.05) is 17.5 Å². The second-order valence-electron chi connectivity index (χ2n) is 5.93. The van der Waals surface area contributed by atoms with Crippen molar-refractivity contribution in [3.8, 4) is 22.9 Å². The SMILES string of the molecule is COc1ccc(-c2noc(CN(C)C(=O)CSc3ccccc3)n2)cc1OC. The van der Waals surface area contributed by atoms with Crippen molar-refractivity contribution in [2.24, 2.45) is 0 Å². The van der Waals surface area contributed by atoms with Crippen LogP contribution in [-0.2, 0) is 11.3 Å². The molecular formula is C20H21N3O4S. The standard InChI is InChI=1S/C20H21N3O4S/c1-23(19(24)13-28-15-7-5-4-6-8-15)12-18-21-20(22-27-18)14-9-10-16(25-2)17(11-14)26-3/h4-11H,12-13H2,1-3H3. The van der Waals surface area contributed by atoms with Crippen molar-refractivity contribution < 1.29 is 18.8 Å². The van der Waals surface area contributed by atoms with Crippen LogP contribution in [-0.4, -0.2) is 48.0 Å². The number of carbonyl (C=O) groups is 1. The lowest BCUT2D eigenvalue weighted by Crippen LogP contribution is -2.27. The summed E-state index contributed by atoms with van der Waals surface area (Å²) < 4.78 is 15.8. The number of carbonyl (C=O) groups excluding carboxylic acids is 1. The Kier molecular flexibility index (Phi) is 6.54. The van der Waals surface area contributed by atoms with E-state index in [-0.39, 0.29) is 12.5 Å². The van der Waals surface area contributed by atoms with Gasteiger partial charge in [-0.25, -0.2) is 0 Å². The summed E-state index contributed by atoms with van der Waals surface area (Å²) in [5, 5.41) is 4.00. The van der Waals surface area contributed by atoms with Crippen molar-refractivity contribution in [2.45, 2.75) is 11.4 Å². The molecule has 28 heavy (non-hydrogen) atoms. The van der Waals surface area contributed by atoms with E-state index >= 15 is 0 Å². The zero-order valence-electron chi connectivity index (χ0n) is 15.9. The number of nitrogens with zero attached hydrogens (tertiary/aromatic N) is 3. The van der Waals surface area contributed by atoms with Gasteiger partial charge in [0.05, 0.1) is 26.5 Å². The Morgan fingerprint density at radius 1 is 1.11 bits per heavy atom. The van der Waals surface area contributed by atoms with E-state index in [9.17, 15) is 4.79 Å². The van der Waals surface area contributed by atoms with Crippen molar-refractivity contribution in [3.05, 3.63) is 54.4 Å². The first kappa shape index (κ1) is 19.8. The van der Waals surface area contributed by atoms with Crippen LogP contribution in [0.15, 0.2) is 57.9 Å². The molecule has 0 aliphatic rings. The summed E-state index contributed by atoms with van der Waals surface area (Å²) in [4.78, 5) is 19.3. The Labute approximate surface area is 167 Å². The highest BCUT2D eigenvalue weighted by Crippen LogP contribution is 2.31. The van der Waals surface area contributed by atoms with Crippen LogP contribution >= 0.6 is 11.8 Å². The molecule has 3 aromatic rings. The molecule has 8 heteroatoms. The molecule has 0 radical (unpaired) electrons. The highest BCUT2D eigenvalue weighted by atomic mass is 32.2. The third-order valence-electron chi connectivity index (χ3n) is 4.01. The van der Waals surface area contributed by atoms with Crippen molar-refractivity contribution in [2.75, 3.05) is 27.0 Å². The maximum absolute atomic E-state index is 12.3. The van der Waals surface area contributed by atoms with Crippen LogP contribution in [0.3, 0.4) is 0 Å². The minimum absolute atomic E-state index is 0.0141. The van der Waals surface area contributed by atoms with Crippen molar-refractivity contribution in [1.29, 1.82) is 0 Å². The van der Waals surface area contributed by atoms with Crippen molar-refractivity contribution in [3.63, 3.8) is 0 Å². The molecule has 0 aliphatic heterocycles. The molecule has 2 aromatic carbocycles. The molecule has 1 amide bonds. The van der Waals surface area contributed by atoms with E-state index in [1.54, 1.807) is 38.3 Å². The molecule has 1 heterocycles. The summed E-state index contributed by atoms with van der Waals surface area (Å²) in [6, 6.07) is 15.2. The number of rotatable bonds is 8. The molecule has 0 spiro atoms.